The van der Waals surface area contributed by atoms with Gasteiger partial charge in [0.05, 0.1) is 11.4 Å². The molecule has 0 unspecified atom stereocenters. The van der Waals surface area contributed by atoms with Gasteiger partial charge >= 0.3 is 0 Å². The van der Waals surface area contributed by atoms with E-state index in [-0.39, 0.29) is 11.7 Å². The summed E-state index contributed by atoms with van der Waals surface area (Å²) in [7, 11) is 0. The third-order valence-corrected chi connectivity index (χ3v) is 6.00. The zero-order chi connectivity index (χ0) is 19.3. The number of anilines is 1. The van der Waals surface area contributed by atoms with Crippen molar-refractivity contribution in [1.82, 2.24) is 19.7 Å². The van der Waals surface area contributed by atoms with E-state index in [2.05, 4.69) is 36.4 Å². The Morgan fingerprint density at radius 2 is 1.93 bits per heavy atom. The van der Waals surface area contributed by atoms with Crippen molar-refractivity contribution in [1.29, 1.82) is 0 Å². The molecule has 28 heavy (non-hydrogen) atoms. The van der Waals surface area contributed by atoms with Crippen molar-refractivity contribution in [2.75, 3.05) is 11.1 Å². The highest BCUT2D eigenvalue weighted by Crippen LogP contribution is 2.26. The van der Waals surface area contributed by atoms with E-state index in [1.54, 1.807) is 6.33 Å². The fraction of sp³-hybridized carbons (Fsp3) is 0.0526. The molecule has 4 rings (SSSR count). The standard InChI is InChI=1S/C19H14BrN5OS2/c20-14-8-6-13(7-9-14)16-10-27-18(22-16)23-17(26)11-28-19-24-21-12-25(19)15-4-2-1-3-5-15/h1-10,12H,11H2,(H,22,23,26). The number of nitrogens with zero attached hydrogens (tertiary/aromatic N) is 4. The number of hydrogen-bond acceptors (Lipinski definition) is 6. The van der Waals surface area contributed by atoms with Crippen LogP contribution >= 0.6 is 39.0 Å². The van der Waals surface area contributed by atoms with E-state index in [9.17, 15) is 4.79 Å². The van der Waals surface area contributed by atoms with Crippen molar-refractivity contribution >= 4 is 50.1 Å². The Balaban J connectivity index is 1.37. The molecular formula is C19H14BrN5OS2. The van der Waals surface area contributed by atoms with Gasteiger partial charge in [0, 0.05) is 21.1 Å². The minimum atomic E-state index is -0.135. The fourth-order valence-electron chi connectivity index (χ4n) is 2.46. The van der Waals surface area contributed by atoms with Crippen molar-refractivity contribution in [3.8, 4) is 16.9 Å². The van der Waals surface area contributed by atoms with Crippen LogP contribution in [0.4, 0.5) is 5.13 Å². The normalized spacial score (nSPS) is 10.8. The number of carbonyl (C=O) groups is 1. The summed E-state index contributed by atoms with van der Waals surface area (Å²) in [4.78, 5) is 16.8. The molecule has 2 aromatic heterocycles. The first-order valence-electron chi connectivity index (χ1n) is 8.28. The lowest BCUT2D eigenvalue weighted by Gasteiger charge is -2.05. The lowest BCUT2D eigenvalue weighted by molar-refractivity contribution is -0.113. The smallest absolute Gasteiger partial charge is 0.236 e. The maximum absolute atomic E-state index is 12.3. The van der Waals surface area contributed by atoms with E-state index in [0.717, 1.165) is 21.4 Å². The van der Waals surface area contributed by atoms with E-state index in [1.807, 2.05) is 64.5 Å². The van der Waals surface area contributed by atoms with E-state index < -0.39 is 0 Å². The van der Waals surface area contributed by atoms with Crippen LogP contribution in [0, 0.1) is 0 Å². The van der Waals surface area contributed by atoms with Gasteiger partial charge in [0.2, 0.25) is 5.91 Å². The average Bonchev–Trinajstić information content (AvgIpc) is 3.37. The first kappa shape index (κ1) is 18.9. The van der Waals surface area contributed by atoms with Gasteiger partial charge in [-0.15, -0.1) is 21.5 Å². The molecule has 0 aliphatic carbocycles. The van der Waals surface area contributed by atoms with E-state index in [1.165, 1.54) is 23.1 Å². The summed E-state index contributed by atoms with van der Waals surface area (Å²) in [6.45, 7) is 0. The highest BCUT2D eigenvalue weighted by molar-refractivity contribution is 9.10. The Hall–Kier alpha value is -2.49. The largest absolute Gasteiger partial charge is 0.301 e. The van der Waals surface area contributed by atoms with Crippen LogP contribution in [0.2, 0.25) is 0 Å². The molecule has 0 aliphatic heterocycles. The van der Waals surface area contributed by atoms with Crippen LogP contribution in [0.25, 0.3) is 16.9 Å². The van der Waals surface area contributed by atoms with Crippen LogP contribution < -0.4 is 5.32 Å². The molecule has 0 aliphatic rings. The zero-order valence-corrected chi connectivity index (χ0v) is 17.7. The summed E-state index contributed by atoms with van der Waals surface area (Å²) >= 11 is 6.15. The molecule has 0 bridgehead atoms. The summed E-state index contributed by atoms with van der Waals surface area (Å²) in [6, 6.07) is 17.7. The SMILES string of the molecule is O=C(CSc1nncn1-c1ccccc1)Nc1nc(-c2ccc(Br)cc2)cs1. The number of halogens is 1. The van der Waals surface area contributed by atoms with Crippen molar-refractivity contribution < 1.29 is 4.79 Å². The third kappa shape index (κ3) is 4.49. The van der Waals surface area contributed by atoms with Gasteiger partial charge in [-0.1, -0.05) is 58.0 Å². The predicted octanol–water partition coefficient (Wildman–Crippen LogP) is 4.88. The van der Waals surface area contributed by atoms with E-state index in [0.29, 0.717) is 10.3 Å². The molecule has 2 heterocycles. The maximum Gasteiger partial charge on any atom is 0.236 e. The predicted molar refractivity (Wildman–Crippen MR) is 116 cm³/mol. The van der Waals surface area contributed by atoms with Gasteiger partial charge in [0.1, 0.15) is 6.33 Å². The number of rotatable bonds is 6. The fourth-order valence-corrected chi connectivity index (χ4v) is 4.19. The van der Waals surface area contributed by atoms with E-state index >= 15 is 0 Å². The lowest BCUT2D eigenvalue weighted by atomic mass is 10.2. The second-order valence-corrected chi connectivity index (χ2v) is 8.42. The maximum atomic E-state index is 12.3. The molecule has 0 fully saturated rings. The molecule has 1 N–H and O–H groups in total. The summed E-state index contributed by atoms with van der Waals surface area (Å²) in [5, 5.41) is 14.1. The number of amides is 1. The van der Waals surface area contributed by atoms with Gasteiger partial charge in [0.15, 0.2) is 10.3 Å². The van der Waals surface area contributed by atoms with Gasteiger partial charge in [-0.05, 0) is 24.3 Å². The van der Waals surface area contributed by atoms with Crippen LogP contribution in [-0.2, 0) is 4.79 Å². The number of thioether (sulfide) groups is 1. The average molecular weight is 472 g/mol. The number of aromatic nitrogens is 4. The van der Waals surface area contributed by atoms with Crippen molar-refractivity contribution in [2.45, 2.75) is 5.16 Å². The van der Waals surface area contributed by atoms with Crippen LogP contribution in [0.3, 0.4) is 0 Å². The second kappa shape index (κ2) is 8.68. The minimum absolute atomic E-state index is 0.135. The Bertz CT molecular complexity index is 1080. The number of benzene rings is 2. The molecule has 9 heteroatoms. The van der Waals surface area contributed by atoms with Gasteiger partial charge < -0.3 is 5.32 Å². The van der Waals surface area contributed by atoms with Crippen LogP contribution in [0.15, 0.2) is 75.9 Å². The van der Waals surface area contributed by atoms with Crippen LogP contribution in [0.5, 0.6) is 0 Å². The zero-order valence-electron chi connectivity index (χ0n) is 14.4. The molecule has 1 amide bonds. The first-order valence-corrected chi connectivity index (χ1v) is 10.9. The molecular weight excluding hydrogens is 458 g/mol. The summed E-state index contributed by atoms with van der Waals surface area (Å²) in [5.74, 6) is 0.0861. The molecule has 0 saturated carbocycles. The highest BCUT2D eigenvalue weighted by Gasteiger charge is 2.12. The summed E-state index contributed by atoms with van der Waals surface area (Å²) < 4.78 is 2.87. The molecule has 0 spiro atoms. The van der Waals surface area contributed by atoms with Crippen molar-refractivity contribution in [2.24, 2.45) is 0 Å². The van der Waals surface area contributed by atoms with Gasteiger partial charge in [0.25, 0.3) is 0 Å². The monoisotopic (exact) mass is 471 g/mol. The molecule has 0 radical (unpaired) electrons. The summed E-state index contributed by atoms with van der Waals surface area (Å²) in [5.41, 5.74) is 2.80. The Morgan fingerprint density at radius 1 is 1.14 bits per heavy atom. The molecule has 140 valence electrons. The topological polar surface area (TPSA) is 72.7 Å². The molecule has 2 aromatic carbocycles. The Labute approximate surface area is 178 Å². The van der Waals surface area contributed by atoms with Crippen LogP contribution in [0.1, 0.15) is 0 Å². The van der Waals surface area contributed by atoms with E-state index in [4.69, 9.17) is 0 Å². The lowest BCUT2D eigenvalue weighted by Crippen LogP contribution is -2.14. The minimum Gasteiger partial charge on any atom is -0.301 e. The molecule has 0 saturated heterocycles. The van der Waals surface area contributed by atoms with Crippen molar-refractivity contribution in [3.63, 3.8) is 0 Å². The van der Waals surface area contributed by atoms with Crippen molar-refractivity contribution in [3.05, 3.63) is 70.8 Å². The number of para-hydroxylation sites is 1. The number of carbonyl (C=O) groups excluding carboxylic acids is 1. The van der Waals surface area contributed by atoms with Gasteiger partial charge in [-0.3, -0.25) is 9.36 Å². The molecule has 6 nitrogen and oxygen atoms in total. The number of nitrogens with one attached hydrogen (secondary N) is 1. The molecule has 0 atom stereocenters. The number of thiazole rings is 1. The number of hydrogen-bond donors (Lipinski definition) is 1. The van der Waals surface area contributed by atoms with Gasteiger partial charge in [-0.25, -0.2) is 4.98 Å². The first-order chi connectivity index (χ1) is 13.7. The van der Waals surface area contributed by atoms with Crippen LogP contribution in [-0.4, -0.2) is 31.4 Å². The van der Waals surface area contributed by atoms with Gasteiger partial charge in [-0.2, -0.15) is 0 Å². The third-order valence-electron chi connectivity index (χ3n) is 3.77. The Morgan fingerprint density at radius 3 is 2.71 bits per heavy atom. The summed E-state index contributed by atoms with van der Waals surface area (Å²) in [6.07, 6.45) is 1.64. The Kier molecular flexibility index (Phi) is 5.84. The highest BCUT2D eigenvalue weighted by atomic mass is 79.9. The second-order valence-electron chi connectivity index (χ2n) is 5.70. The molecule has 4 aromatic rings. The quantitative estimate of drug-likeness (QED) is 0.405.